The number of carbonyl (C=O) groups excluding carboxylic acids is 1. The molecule has 0 spiro atoms. The van der Waals surface area contributed by atoms with E-state index in [0.717, 1.165) is 11.1 Å². The number of aryl methyl sites for hydroxylation is 1. The zero-order chi connectivity index (χ0) is 26.8. The molecule has 0 aliphatic heterocycles. The van der Waals surface area contributed by atoms with Crippen LogP contribution >= 0.6 is 0 Å². The van der Waals surface area contributed by atoms with Crippen LogP contribution in [-0.2, 0) is 10.0 Å². The van der Waals surface area contributed by atoms with Gasteiger partial charge in [-0.1, -0.05) is 18.2 Å². The van der Waals surface area contributed by atoms with E-state index in [9.17, 15) is 18.5 Å². The van der Waals surface area contributed by atoms with E-state index in [-0.39, 0.29) is 4.90 Å². The van der Waals surface area contributed by atoms with Crippen molar-refractivity contribution in [3.05, 3.63) is 89.9 Å². The Hall–Kier alpha value is -4.33. The third-order valence-corrected chi connectivity index (χ3v) is 7.00. The minimum atomic E-state index is -3.63. The van der Waals surface area contributed by atoms with E-state index in [4.69, 9.17) is 0 Å². The summed E-state index contributed by atoms with van der Waals surface area (Å²) in [6.45, 7) is 7.13. The summed E-state index contributed by atoms with van der Waals surface area (Å²) in [6.07, 6.45) is 1.60. The standard InChI is InChI=1S/C27H26N6O3S/c1-18-14-24(33(31-18)22-7-5-6-19(15-22)16-28)26(34)30-25-13-10-21(17-29-25)20-8-11-23(12-9-20)37(35,36)32-27(2,3)4/h5-15,17,32H,1-4H3,(H,29,30,34). The van der Waals surface area contributed by atoms with Gasteiger partial charge in [0.15, 0.2) is 0 Å². The fraction of sp³-hybridized carbons (Fsp3) is 0.185. The van der Waals surface area contributed by atoms with E-state index in [2.05, 4.69) is 26.2 Å². The van der Waals surface area contributed by atoms with E-state index in [1.54, 1.807) is 101 Å². The van der Waals surface area contributed by atoms with E-state index < -0.39 is 21.5 Å². The molecule has 2 heterocycles. The largest absolute Gasteiger partial charge is 0.305 e. The average Bonchev–Trinajstić information content (AvgIpc) is 3.25. The third-order valence-electron chi connectivity index (χ3n) is 5.23. The minimum absolute atomic E-state index is 0.176. The molecule has 0 saturated carbocycles. The molecule has 2 aromatic heterocycles. The molecule has 0 aliphatic rings. The van der Waals surface area contributed by atoms with Crippen molar-refractivity contribution in [3.63, 3.8) is 0 Å². The monoisotopic (exact) mass is 514 g/mol. The molecule has 0 atom stereocenters. The SMILES string of the molecule is Cc1cc(C(=O)Nc2ccc(-c3ccc(S(=O)(=O)NC(C)(C)C)cc3)cn2)n(-c2cccc(C#N)c2)n1. The van der Waals surface area contributed by atoms with Crippen molar-refractivity contribution in [2.75, 3.05) is 5.32 Å². The van der Waals surface area contributed by atoms with Gasteiger partial charge < -0.3 is 5.32 Å². The van der Waals surface area contributed by atoms with E-state index in [1.807, 2.05) is 0 Å². The van der Waals surface area contributed by atoms with Crippen LogP contribution in [0.1, 0.15) is 42.5 Å². The number of nitrogens with one attached hydrogen (secondary N) is 2. The normalized spacial score (nSPS) is 11.6. The first-order valence-electron chi connectivity index (χ1n) is 11.4. The van der Waals surface area contributed by atoms with Crippen LogP contribution in [0, 0.1) is 18.3 Å². The second-order valence-electron chi connectivity index (χ2n) is 9.51. The summed E-state index contributed by atoms with van der Waals surface area (Å²) in [5, 5.41) is 16.4. The second-order valence-corrected chi connectivity index (χ2v) is 11.2. The smallest absolute Gasteiger partial charge is 0.275 e. The van der Waals surface area contributed by atoms with E-state index >= 15 is 0 Å². The number of rotatable bonds is 6. The predicted molar refractivity (Wildman–Crippen MR) is 141 cm³/mol. The van der Waals surface area contributed by atoms with Gasteiger partial charge in [-0.25, -0.2) is 22.8 Å². The Balaban J connectivity index is 1.51. The van der Waals surface area contributed by atoms with Crippen LogP contribution in [0.3, 0.4) is 0 Å². The van der Waals surface area contributed by atoms with Gasteiger partial charge >= 0.3 is 0 Å². The number of hydrogen-bond donors (Lipinski definition) is 2. The van der Waals surface area contributed by atoms with Crippen LogP contribution in [0.25, 0.3) is 16.8 Å². The number of sulfonamides is 1. The van der Waals surface area contributed by atoms with Crippen LogP contribution in [0.15, 0.2) is 77.8 Å². The van der Waals surface area contributed by atoms with Crippen LogP contribution in [0.2, 0.25) is 0 Å². The highest BCUT2D eigenvalue weighted by atomic mass is 32.2. The predicted octanol–water partition coefficient (Wildman–Crippen LogP) is 4.44. The van der Waals surface area contributed by atoms with Gasteiger partial charge in [-0.05, 0) is 81.8 Å². The van der Waals surface area contributed by atoms with Gasteiger partial charge in [0, 0.05) is 17.3 Å². The van der Waals surface area contributed by atoms with Gasteiger partial charge in [-0.15, -0.1) is 0 Å². The van der Waals surface area contributed by atoms with Crippen LogP contribution in [0.5, 0.6) is 0 Å². The Morgan fingerprint density at radius 1 is 1.00 bits per heavy atom. The fourth-order valence-electron chi connectivity index (χ4n) is 3.67. The van der Waals surface area contributed by atoms with Crippen molar-refractivity contribution in [1.29, 1.82) is 5.26 Å². The number of anilines is 1. The summed E-state index contributed by atoms with van der Waals surface area (Å²) in [5.74, 6) is -0.0531. The highest BCUT2D eigenvalue weighted by molar-refractivity contribution is 7.89. The molecule has 2 N–H and O–H groups in total. The average molecular weight is 515 g/mol. The molecule has 4 aromatic rings. The summed E-state index contributed by atoms with van der Waals surface area (Å²) >= 11 is 0. The fourth-order valence-corrected chi connectivity index (χ4v) is 5.09. The number of aromatic nitrogens is 3. The Morgan fingerprint density at radius 3 is 2.32 bits per heavy atom. The number of amides is 1. The zero-order valence-electron chi connectivity index (χ0n) is 20.9. The van der Waals surface area contributed by atoms with Gasteiger partial charge in [0.2, 0.25) is 10.0 Å². The summed E-state index contributed by atoms with van der Waals surface area (Å²) < 4.78 is 29.2. The van der Waals surface area contributed by atoms with Crippen molar-refractivity contribution in [2.24, 2.45) is 0 Å². The zero-order valence-corrected chi connectivity index (χ0v) is 21.7. The molecular formula is C27H26N6O3S. The molecule has 0 aliphatic carbocycles. The number of nitrogens with zero attached hydrogens (tertiary/aromatic N) is 4. The lowest BCUT2D eigenvalue weighted by molar-refractivity contribution is 0.101. The summed E-state index contributed by atoms with van der Waals surface area (Å²) in [4.78, 5) is 17.5. The summed E-state index contributed by atoms with van der Waals surface area (Å²) in [5.41, 5.74) is 2.98. The molecule has 37 heavy (non-hydrogen) atoms. The van der Waals surface area contributed by atoms with Gasteiger partial charge in [0.25, 0.3) is 5.91 Å². The molecule has 10 heteroatoms. The molecule has 0 bridgehead atoms. The molecule has 0 saturated heterocycles. The maximum absolute atomic E-state index is 13.0. The van der Waals surface area contributed by atoms with Gasteiger partial charge in [-0.2, -0.15) is 10.4 Å². The number of hydrogen-bond acceptors (Lipinski definition) is 6. The first-order valence-corrected chi connectivity index (χ1v) is 12.9. The molecule has 9 nitrogen and oxygen atoms in total. The Kier molecular flexibility index (Phi) is 6.94. The first kappa shape index (κ1) is 25.8. The molecule has 0 unspecified atom stereocenters. The maximum Gasteiger partial charge on any atom is 0.275 e. The molecular weight excluding hydrogens is 488 g/mol. The maximum atomic E-state index is 13.0. The number of nitriles is 1. The molecule has 2 aromatic carbocycles. The minimum Gasteiger partial charge on any atom is -0.305 e. The van der Waals surface area contributed by atoms with Gasteiger partial charge in [0.1, 0.15) is 11.5 Å². The van der Waals surface area contributed by atoms with Crippen LogP contribution in [0.4, 0.5) is 5.82 Å². The van der Waals surface area contributed by atoms with Crippen molar-refractivity contribution >= 4 is 21.7 Å². The Labute approximate surface area is 215 Å². The van der Waals surface area contributed by atoms with Crippen LogP contribution < -0.4 is 10.0 Å². The van der Waals surface area contributed by atoms with Crippen molar-refractivity contribution in [2.45, 2.75) is 38.1 Å². The topological polar surface area (TPSA) is 130 Å². The molecule has 1 amide bonds. The Bertz CT molecular complexity index is 1590. The van der Waals surface area contributed by atoms with Crippen LogP contribution in [-0.4, -0.2) is 34.6 Å². The lowest BCUT2D eigenvalue weighted by atomic mass is 10.1. The van der Waals surface area contributed by atoms with Gasteiger partial charge in [-0.3, -0.25) is 4.79 Å². The molecule has 0 fully saturated rings. The van der Waals surface area contributed by atoms with Crippen molar-refractivity contribution < 1.29 is 13.2 Å². The van der Waals surface area contributed by atoms with E-state index in [0.29, 0.717) is 28.5 Å². The Morgan fingerprint density at radius 2 is 1.70 bits per heavy atom. The summed E-state index contributed by atoms with van der Waals surface area (Å²) in [6, 6.07) is 20.6. The molecule has 4 rings (SSSR count). The number of pyridine rings is 1. The quantitative estimate of drug-likeness (QED) is 0.391. The lowest BCUT2D eigenvalue weighted by Crippen LogP contribution is -2.40. The number of carbonyl (C=O) groups is 1. The van der Waals surface area contributed by atoms with Gasteiger partial charge in [0.05, 0.1) is 27.9 Å². The number of benzene rings is 2. The molecule has 188 valence electrons. The summed E-state index contributed by atoms with van der Waals surface area (Å²) in [7, 11) is -3.63. The highest BCUT2D eigenvalue weighted by Crippen LogP contribution is 2.23. The molecule has 0 radical (unpaired) electrons. The second kappa shape index (κ2) is 9.97. The lowest BCUT2D eigenvalue weighted by Gasteiger charge is -2.20. The van der Waals surface area contributed by atoms with Crippen molar-refractivity contribution in [1.82, 2.24) is 19.5 Å². The first-order chi connectivity index (χ1) is 17.4. The van der Waals surface area contributed by atoms with Crippen molar-refractivity contribution in [3.8, 4) is 22.9 Å². The highest BCUT2D eigenvalue weighted by Gasteiger charge is 2.22. The van der Waals surface area contributed by atoms with E-state index in [1.165, 1.54) is 4.68 Å². The third kappa shape index (κ3) is 6.09.